The molecule has 0 radical (unpaired) electrons. The summed E-state index contributed by atoms with van der Waals surface area (Å²) in [4.78, 5) is 4.09. The molecule has 0 amide bonds. The number of rotatable bonds is 5. The molecule has 1 aromatic carbocycles. The molecule has 2 atom stereocenters. The lowest BCUT2D eigenvalue weighted by Crippen LogP contribution is -2.39. The van der Waals surface area contributed by atoms with Crippen molar-refractivity contribution in [1.82, 2.24) is 14.3 Å². The smallest absolute Gasteiger partial charge is 0.233 e. The van der Waals surface area contributed by atoms with Gasteiger partial charge in [-0.1, -0.05) is 29.8 Å². The number of imidazole rings is 1. The lowest BCUT2D eigenvalue weighted by molar-refractivity contribution is 0.00000709. The highest BCUT2D eigenvalue weighted by molar-refractivity contribution is 7.92. The quantitative estimate of drug-likeness (QED) is 0.864. The van der Waals surface area contributed by atoms with Crippen molar-refractivity contribution >= 4 is 27.7 Å². The van der Waals surface area contributed by atoms with Gasteiger partial charge in [-0.25, -0.2) is 18.1 Å². The Morgan fingerprint density at radius 1 is 1.40 bits per heavy atom. The maximum Gasteiger partial charge on any atom is 0.233 e. The van der Waals surface area contributed by atoms with Crippen LogP contribution in [0.3, 0.4) is 0 Å². The number of aryl methyl sites for hydroxylation is 1. The lowest BCUT2D eigenvalue weighted by Gasteiger charge is -2.29. The van der Waals surface area contributed by atoms with Crippen LogP contribution in [0.5, 0.6) is 0 Å². The second-order valence-corrected chi connectivity index (χ2v) is 8.00. The van der Waals surface area contributed by atoms with E-state index in [1.165, 1.54) is 6.08 Å². The summed E-state index contributed by atoms with van der Waals surface area (Å²) in [6.45, 7) is 0.497. The van der Waals surface area contributed by atoms with Crippen molar-refractivity contribution < 1.29 is 13.2 Å². The Hall–Kier alpha value is -1.67. The number of halogens is 1. The molecule has 1 aromatic heterocycles. The molecule has 8 heteroatoms. The Labute approximate surface area is 152 Å². The van der Waals surface area contributed by atoms with Crippen LogP contribution >= 0.6 is 11.6 Å². The van der Waals surface area contributed by atoms with Gasteiger partial charge in [0.05, 0.1) is 18.2 Å². The van der Waals surface area contributed by atoms with Crippen molar-refractivity contribution in [2.75, 3.05) is 6.61 Å². The molecule has 0 spiro atoms. The van der Waals surface area contributed by atoms with Crippen LogP contribution in [0.15, 0.2) is 42.2 Å². The molecule has 1 aliphatic heterocycles. The molecule has 1 aliphatic rings. The molecule has 25 heavy (non-hydrogen) atoms. The number of hydrogen-bond donors (Lipinski definition) is 1. The van der Waals surface area contributed by atoms with Crippen LogP contribution in [0, 0.1) is 0 Å². The topological polar surface area (TPSA) is 73.2 Å². The molecule has 6 nitrogen and oxygen atoms in total. The zero-order chi connectivity index (χ0) is 17.9. The summed E-state index contributed by atoms with van der Waals surface area (Å²) in [6, 6.07) is 6.91. The molecule has 2 unspecified atom stereocenters. The number of sulfonamides is 1. The Bertz CT molecular complexity index is 864. The van der Waals surface area contributed by atoms with Crippen LogP contribution < -0.4 is 4.72 Å². The number of ether oxygens (including phenoxy) is 1. The first-order valence-corrected chi connectivity index (χ1v) is 9.90. The standard InChI is InChI=1S/C17H20ClN3O3S/c1-21-12-19-11-16(21)17-10-14(6-8-24-17)20-25(22,23)9-7-13-4-2-3-5-15(13)18/h2-5,7,9,11-12,14,17,20H,6,8,10H2,1H3/b9-7+. The first-order chi connectivity index (χ1) is 11.9. The summed E-state index contributed by atoms with van der Waals surface area (Å²) in [5.74, 6) is 0. The minimum absolute atomic E-state index is 0.165. The van der Waals surface area contributed by atoms with Crippen molar-refractivity contribution in [2.24, 2.45) is 7.05 Å². The van der Waals surface area contributed by atoms with E-state index >= 15 is 0 Å². The molecule has 1 saturated heterocycles. The van der Waals surface area contributed by atoms with Crippen LogP contribution in [-0.2, 0) is 21.8 Å². The van der Waals surface area contributed by atoms with E-state index in [4.69, 9.17) is 16.3 Å². The van der Waals surface area contributed by atoms with Gasteiger partial charge < -0.3 is 9.30 Å². The average molecular weight is 382 g/mol. The molecule has 0 aliphatic carbocycles. The van der Waals surface area contributed by atoms with Gasteiger partial charge in [0.1, 0.15) is 6.10 Å². The summed E-state index contributed by atoms with van der Waals surface area (Å²) >= 11 is 6.04. The maximum absolute atomic E-state index is 12.3. The third-order valence-electron chi connectivity index (χ3n) is 4.13. The normalized spacial score (nSPS) is 21.7. The van der Waals surface area contributed by atoms with Crippen molar-refractivity contribution in [3.8, 4) is 0 Å². The van der Waals surface area contributed by atoms with Crippen molar-refractivity contribution in [3.63, 3.8) is 0 Å². The van der Waals surface area contributed by atoms with E-state index in [0.29, 0.717) is 30.0 Å². The third-order valence-corrected chi connectivity index (χ3v) is 5.63. The van der Waals surface area contributed by atoms with Crippen molar-refractivity contribution in [3.05, 3.63) is 58.5 Å². The van der Waals surface area contributed by atoms with Gasteiger partial charge in [0.2, 0.25) is 10.0 Å². The average Bonchev–Trinajstić information content (AvgIpc) is 3.00. The third kappa shape index (κ3) is 4.70. The van der Waals surface area contributed by atoms with Crippen molar-refractivity contribution in [2.45, 2.75) is 25.0 Å². The van der Waals surface area contributed by atoms with Gasteiger partial charge in [-0.15, -0.1) is 0 Å². The second kappa shape index (κ2) is 7.70. The second-order valence-electron chi connectivity index (χ2n) is 6.00. The van der Waals surface area contributed by atoms with E-state index in [1.807, 2.05) is 17.7 Å². The van der Waals surface area contributed by atoms with Crippen LogP contribution in [-0.4, -0.2) is 30.6 Å². The number of nitrogens with zero attached hydrogens (tertiary/aromatic N) is 2. The fourth-order valence-electron chi connectivity index (χ4n) is 2.83. The number of nitrogens with one attached hydrogen (secondary N) is 1. The monoisotopic (exact) mass is 381 g/mol. The highest BCUT2D eigenvalue weighted by atomic mass is 35.5. The highest BCUT2D eigenvalue weighted by Crippen LogP contribution is 2.28. The first-order valence-electron chi connectivity index (χ1n) is 7.97. The van der Waals surface area contributed by atoms with E-state index in [1.54, 1.807) is 30.7 Å². The molecule has 3 rings (SSSR count). The minimum atomic E-state index is -3.57. The molecule has 2 aromatic rings. The Balaban J connectivity index is 1.66. The Morgan fingerprint density at radius 3 is 2.92 bits per heavy atom. The summed E-state index contributed by atoms with van der Waals surface area (Å²) in [6.07, 6.45) is 5.99. The Morgan fingerprint density at radius 2 is 2.20 bits per heavy atom. The summed E-state index contributed by atoms with van der Waals surface area (Å²) < 4.78 is 35.1. The molecule has 1 fully saturated rings. The van der Waals surface area contributed by atoms with E-state index in [0.717, 1.165) is 11.1 Å². The SMILES string of the molecule is Cn1cncc1C1CC(NS(=O)(=O)/C=C/c2ccccc2Cl)CCO1. The molecule has 2 heterocycles. The van der Waals surface area contributed by atoms with Crippen LogP contribution in [0.2, 0.25) is 5.02 Å². The molecular formula is C17H20ClN3O3S. The van der Waals surface area contributed by atoms with Gasteiger partial charge in [0.25, 0.3) is 0 Å². The zero-order valence-electron chi connectivity index (χ0n) is 13.8. The van der Waals surface area contributed by atoms with Gasteiger partial charge in [-0.3, -0.25) is 0 Å². The molecular weight excluding hydrogens is 362 g/mol. The van der Waals surface area contributed by atoms with Gasteiger partial charge >= 0.3 is 0 Å². The maximum atomic E-state index is 12.3. The predicted molar refractivity (Wildman–Crippen MR) is 97.5 cm³/mol. The zero-order valence-corrected chi connectivity index (χ0v) is 15.4. The fraction of sp³-hybridized carbons (Fsp3) is 0.353. The number of aromatic nitrogens is 2. The first kappa shape index (κ1) is 18.1. The summed E-state index contributed by atoms with van der Waals surface area (Å²) in [7, 11) is -1.67. The van der Waals surface area contributed by atoms with Crippen LogP contribution in [0.1, 0.15) is 30.2 Å². The van der Waals surface area contributed by atoms with Gasteiger partial charge in [0.15, 0.2) is 0 Å². The van der Waals surface area contributed by atoms with Crippen LogP contribution in [0.4, 0.5) is 0 Å². The molecule has 1 N–H and O–H groups in total. The van der Waals surface area contributed by atoms with E-state index in [-0.39, 0.29) is 12.1 Å². The van der Waals surface area contributed by atoms with Crippen molar-refractivity contribution in [1.29, 1.82) is 0 Å². The van der Waals surface area contributed by atoms with E-state index < -0.39 is 10.0 Å². The lowest BCUT2D eigenvalue weighted by atomic mass is 10.0. The number of hydrogen-bond acceptors (Lipinski definition) is 4. The van der Waals surface area contributed by atoms with Gasteiger partial charge in [0, 0.05) is 30.1 Å². The number of benzene rings is 1. The highest BCUT2D eigenvalue weighted by Gasteiger charge is 2.27. The molecule has 0 bridgehead atoms. The van der Waals surface area contributed by atoms with E-state index in [9.17, 15) is 8.42 Å². The minimum Gasteiger partial charge on any atom is -0.372 e. The van der Waals surface area contributed by atoms with Gasteiger partial charge in [-0.05, 0) is 30.5 Å². The van der Waals surface area contributed by atoms with Gasteiger partial charge in [-0.2, -0.15) is 0 Å². The fourth-order valence-corrected chi connectivity index (χ4v) is 4.11. The molecule has 0 saturated carbocycles. The molecule has 134 valence electrons. The van der Waals surface area contributed by atoms with E-state index in [2.05, 4.69) is 9.71 Å². The Kier molecular flexibility index (Phi) is 5.58. The predicted octanol–water partition coefficient (Wildman–Crippen LogP) is 2.88. The summed E-state index contributed by atoms with van der Waals surface area (Å²) in [5.41, 5.74) is 1.60. The summed E-state index contributed by atoms with van der Waals surface area (Å²) in [5, 5.41) is 1.67. The van der Waals surface area contributed by atoms with Crippen LogP contribution in [0.25, 0.3) is 6.08 Å². The largest absolute Gasteiger partial charge is 0.372 e.